The van der Waals surface area contributed by atoms with E-state index in [1.807, 2.05) is 19.9 Å². The predicted octanol–water partition coefficient (Wildman–Crippen LogP) is 2.27. The number of rotatable bonds is 4. The molecule has 19 heavy (non-hydrogen) atoms. The Morgan fingerprint density at radius 2 is 2.26 bits per heavy atom. The van der Waals surface area contributed by atoms with Crippen molar-refractivity contribution >= 4 is 33.2 Å². The maximum absolute atomic E-state index is 12.1. The van der Waals surface area contributed by atoms with Crippen LogP contribution < -0.4 is 5.32 Å². The summed E-state index contributed by atoms with van der Waals surface area (Å²) in [6, 6.07) is 2.07. The number of carbonyl (C=O) groups is 1. The van der Waals surface area contributed by atoms with Gasteiger partial charge in [-0.1, -0.05) is 0 Å². The number of morpholine rings is 1. The maximum Gasteiger partial charge on any atom is 0.261 e. The molecule has 106 valence electrons. The van der Waals surface area contributed by atoms with Crippen molar-refractivity contribution in [3.63, 3.8) is 0 Å². The van der Waals surface area contributed by atoms with Crippen molar-refractivity contribution in [3.8, 4) is 0 Å². The van der Waals surface area contributed by atoms with Crippen molar-refractivity contribution in [2.45, 2.75) is 19.9 Å². The number of aryl methyl sites for hydroxylation is 1. The minimum atomic E-state index is 0.0135. The minimum Gasteiger partial charge on any atom is -0.379 e. The Labute approximate surface area is 126 Å². The summed E-state index contributed by atoms with van der Waals surface area (Å²) in [6.45, 7) is 8.39. The molecule has 1 aromatic heterocycles. The van der Waals surface area contributed by atoms with Gasteiger partial charge in [-0.25, -0.2) is 0 Å². The van der Waals surface area contributed by atoms with Crippen LogP contribution in [0.3, 0.4) is 0 Å². The fourth-order valence-electron chi connectivity index (χ4n) is 2.08. The van der Waals surface area contributed by atoms with E-state index in [1.54, 1.807) is 0 Å². The Morgan fingerprint density at radius 3 is 2.84 bits per heavy atom. The van der Waals surface area contributed by atoms with Crippen LogP contribution in [0.1, 0.15) is 22.2 Å². The summed E-state index contributed by atoms with van der Waals surface area (Å²) in [5, 5.41) is 3.05. The standard InChI is InChI=1S/C13H19BrN2O2S/c1-9-7-11(19-12(9)14)13(17)15-10(2)8-16-3-5-18-6-4-16/h7,10H,3-6,8H2,1-2H3,(H,15,17). The molecular weight excluding hydrogens is 328 g/mol. The van der Waals surface area contributed by atoms with Crippen LogP contribution >= 0.6 is 27.3 Å². The van der Waals surface area contributed by atoms with Crippen molar-refractivity contribution in [2.75, 3.05) is 32.8 Å². The second-order valence-corrected chi connectivity index (χ2v) is 7.22. The van der Waals surface area contributed by atoms with E-state index in [-0.39, 0.29) is 11.9 Å². The van der Waals surface area contributed by atoms with Gasteiger partial charge in [-0.3, -0.25) is 9.69 Å². The maximum atomic E-state index is 12.1. The molecule has 6 heteroatoms. The third kappa shape index (κ3) is 4.27. The molecule has 1 aliphatic rings. The first kappa shape index (κ1) is 15.0. The third-order valence-corrected chi connectivity index (χ3v) is 5.23. The molecule has 2 rings (SSSR count). The highest BCUT2D eigenvalue weighted by atomic mass is 79.9. The van der Waals surface area contributed by atoms with E-state index in [0.29, 0.717) is 0 Å². The molecule has 2 heterocycles. The zero-order valence-corrected chi connectivity index (χ0v) is 13.6. The molecule has 0 radical (unpaired) electrons. The van der Waals surface area contributed by atoms with Crippen molar-refractivity contribution in [1.82, 2.24) is 10.2 Å². The first-order valence-electron chi connectivity index (χ1n) is 6.43. The van der Waals surface area contributed by atoms with Gasteiger partial charge in [-0.15, -0.1) is 11.3 Å². The molecule has 1 saturated heterocycles. The van der Waals surface area contributed by atoms with E-state index in [1.165, 1.54) is 11.3 Å². The van der Waals surface area contributed by atoms with E-state index >= 15 is 0 Å². The molecule has 1 aromatic rings. The Morgan fingerprint density at radius 1 is 1.58 bits per heavy atom. The predicted molar refractivity (Wildman–Crippen MR) is 80.9 cm³/mol. The summed E-state index contributed by atoms with van der Waals surface area (Å²) >= 11 is 4.93. The second kappa shape index (κ2) is 6.83. The van der Waals surface area contributed by atoms with Crippen LogP contribution in [-0.4, -0.2) is 49.7 Å². The summed E-state index contributed by atoms with van der Waals surface area (Å²) < 4.78 is 6.34. The third-order valence-electron chi connectivity index (χ3n) is 3.09. The van der Waals surface area contributed by atoms with Gasteiger partial charge in [0.05, 0.1) is 21.9 Å². The Hall–Kier alpha value is -0.430. The van der Waals surface area contributed by atoms with Gasteiger partial charge in [0.25, 0.3) is 5.91 Å². The number of nitrogens with one attached hydrogen (secondary N) is 1. The lowest BCUT2D eigenvalue weighted by Gasteiger charge is -2.29. The van der Waals surface area contributed by atoms with Gasteiger partial charge in [-0.2, -0.15) is 0 Å². The highest BCUT2D eigenvalue weighted by Gasteiger charge is 2.17. The zero-order chi connectivity index (χ0) is 13.8. The molecule has 4 nitrogen and oxygen atoms in total. The smallest absolute Gasteiger partial charge is 0.261 e. The number of hydrogen-bond donors (Lipinski definition) is 1. The fraction of sp³-hybridized carbons (Fsp3) is 0.615. The van der Waals surface area contributed by atoms with Crippen LogP contribution in [-0.2, 0) is 4.74 Å². The van der Waals surface area contributed by atoms with Crippen molar-refractivity contribution in [2.24, 2.45) is 0 Å². The Kier molecular flexibility index (Phi) is 5.38. The van der Waals surface area contributed by atoms with E-state index in [2.05, 4.69) is 26.1 Å². The van der Waals surface area contributed by atoms with Gasteiger partial charge in [-0.05, 0) is 41.4 Å². The number of ether oxygens (including phenoxy) is 1. The molecule has 1 fully saturated rings. The largest absolute Gasteiger partial charge is 0.379 e. The molecule has 0 aromatic carbocycles. The van der Waals surface area contributed by atoms with Gasteiger partial charge < -0.3 is 10.1 Å². The number of hydrogen-bond acceptors (Lipinski definition) is 4. The Bertz CT molecular complexity index is 424. The summed E-state index contributed by atoms with van der Waals surface area (Å²) in [7, 11) is 0. The average Bonchev–Trinajstić information content (AvgIpc) is 2.71. The summed E-state index contributed by atoms with van der Waals surface area (Å²) in [4.78, 5) is 15.2. The number of halogens is 1. The molecule has 1 N–H and O–H groups in total. The molecule has 1 amide bonds. The highest BCUT2D eigenvalue weighted by Crippen LogP contribution is 2.27. The molecule has 0 aliphatic carbocycles. The summed E-state index contributed by atoms with van der Waals surface area (Å²) in [5.74, 6) is 0.0135. The molecule has 1 atom stereocenters. The van der Waals surface area contributed by atoms with Crippen molar-refractivity contribution in [3.05, 3.63) is 20.3 Å². The first-order valence-corrected chi connectivity index (χ1v) is 8.04. The lowest BCUT2D eigenvalue weighted by Crippen LogP contribution is -2.45. The van der Waals surface area contributed by atoms with Crippen LogP contribution in [0.4, 0.5) is 0 Å². The quantitative estimate of drug-likeness (QED) is 0.909. The van der Waals surface area contributed by atoms with E-state index < -0.39 is 0 Å². The lowest BCUT2D eigenvalue weighted by molar-refractivity contribution is 0.0342. The summed E-state index contributed by atoms with van der Waals surface area (Å²) in [6.07, 6.45) is 0. The molecule has 0 saturated carbocycles. The first-order chi connectivity index (χ1) is 9.06. The molecule has 0 bridgehead atoms. The number of thiophene rings is 1. The van der Waals surface area contributed by atoms with Crippen molar-refractivity contribution in [1.29, 1.82) is 0 Å². The topological polar surface area (TPSA) is 41.6 Å². The van der Waals surface area contributed by atoms with Crippen molar-refractivity contribution < 1.29 is 9.53 Å². The van der Waals surface area contributed by atoms with Gasteiger partial charge in [0, 0.05) is 25.7 Å². The average molecular weight is 347 g/mol. The zero-order valence-electron chi connectivity index (χ0n) is 11.2. The molecule has 1 aliphatic heterocycles. The van der Waals surface area contributed by atoms with Gasteiger partial charge in [0.1, 0.15) is 0 Å². The Balaban J connectivity index is 1.84. The van der Waals surface area contributed by atoms with Crippen LogP contribution in [0.25, 0.3) is 0 Å². The number of carbonyl (C=O) groups excluding carboxylic acids is 1. The van der Waals surface area contributed by atoms with Crippen LogP contribution in [0.2, 0.25) is 0 Å². The van der Waals surface area contributed by atoms with Gasteiger partial charge in [0.2, 0.25) is 0 Å². The fourth-order valence-corrected chi connectivity index (χ4v) is 3.52. The van der Waals surface area contributed by atoms with E-state index in [4.69, 9.17) is 4.74 Å². The second-order valence-electron chi connectivity index (χ2n) is 4.85. The lowest BCUT2D eigenvalue weighted by atomic mass is 10.2. The van der Waals surface area contributed by atoms with Gasteiger partial charge >= 0.3 is 0 Å². The minimum absolute atomic E-state index is 0.0135. The van der Waals surface area contributed by atoms with Gasteiger partial charge in [0.15, 0.2) is 0 Å². The SMILES string of the molecule is Cc1cc(C(=O)NC(C)CN2CCOCC2)sc1Br. The van der Waals surface area contributed by atoms with Crippen LogP contribution in [0.15, 0.2) is 9.85 Å². The summed E-state index contributed by atoms with van der Waals surface area (Å²) in [5.41, 5.74) is 1.11. The van der Waals surface area contributed by atoms with E-state index in [9.17, 15) is 4.79 Å². The van der Waals surface area contributed by atoms with E-state index in [0.717, 1.165) is 47.1 Å². The number of amides is 1. The van der Waals surface area contributed by atoms with Crippen LogP contribution in [0.5, 0.6) is 0 Å². The normalized spacial score (nSPS) is 18.3. The molecule has 0 spiro atoms. The highest BCUT2D eigenvalue weighted by molar-refractivity contribution is 9.11. The molecular formula is C13H19BrN2O2S. The van der Waals surface area contributed by atoms with Crippen LogP contribution in [0, 0.1) is 6.92 Å². The number of nitrogens with zero attached hydrogens (tertiary/aromatic N) is 1. The molecule has 1 unspecified atom stereocenters. The monoisotopic (exact) mass is 346 g/mol.